The van der Waals surface area contributed by atoms with E-state index < -0.39 is 28.5 Å². The van der Waals surface area contributed by atoms with Gasteiger partial charge in [0.2, 0.25) is 21.8 Å². The first kappa shape index (κ1) is 30.5. The van der Waals surface area contributed by atoms with Gasteiger partial charge in [0.1, 0.15) is 12.6 Å². The van der Waals surface area contributed by atoms with Crippen LogP contribution in [0.1, 0.15) is 31.4 Å². The number of hydrogen-bond donors (Lipinski definition) is 1. The molecule has 2 atom stereocenters. The summed E-state index contributed by atoms with van der Waals surface area (Å²) in [5.41, 5.74) is 1.80. The van der Waals surface area contributed by atoms with E-state index in [4.69, 9.17) is 23.2 Å². The van der Waals surface area contributed by atoms with Crippen LogP contribution in [0.5, 0.6) is 0 Å². The zero-order chi connectivity index (χ0) is 28.6. The van der Waals surface area contributed by atoms with Crippen molar-refractivity contribution < 1.29 is 18.0 Å². The zero-order valence-corrected chi connectivity index (χ0v) is 24.5. The topological polar surface area (TPSA) is 86.8 Å². The Morgan fingerprint density at radius 2 is 1.51 bits per heavy atom. The number of halogens is 2. The second-order valence-electron chi connectivity index (χ2n) is 9.40. The second-order valence-corrected chi connectivity index (χ2v) is 12.1. The monoisotopic (exact) mass is 589 g/mol. The number of carbonyl (C=O) groups excluding carboxylic acids is 2. The molecule has 3 rings (SSSR count). The van der Waals surface area contributed by atoms with Gasteiger partial charge in [0, 0.05) is 24.0 Å². The molecule has 0 bridgehead atoms. The molecular weight excluding hydrogens is 557 g/mol. The molecule has 0 aliphatic heterocycles. The summed E-state index contributed by atoms with van der Waals surface area (Å²) in [4.78, 5) is 29.1. The normalized spacial score (nSPS) is 12.8. The van der Waals surface area contributed by atoms with Gasteiger partial charge in [0.15, 0.2) is 0 Å². The number of amides is 2. The lowest BCUT2D eigenvalue weighted by molar-refractivity contribution is -0.140. The largest absolute Gasteiger partial charge is 0.352 e. The fourth-order valence-electron chi connectivity index (χ4n) is 4.05. The summed E-state index contributed by atoms with van der Waals surface area (Å²) in [6.45, 7) is 3.42. The molecule has 0 heterocycles. The van der Waals surface area contributed by atoms with Crippen molar-refractivity contribution in [2.24, 2.45) is 0 Å². The second kappa shape index (κ2) is 13.8. The van der Waals surface area contributed by atoms with Crippen LogP contribution in [0.25, 0.3) is 0 Å². The number of nitrogens with zero attached hydrogens (tertiary/aromatic N) is 2. The summed E-state index contributed by atoms with van der Waals surface area (Å²) in [7, 11) is -3.92. The van der Waals surface area contributed by atoms with Crippen molar-refractivity contribution in [3.8, 4) is 0 Å². The van der Waals surface area contributed by atoms with Crippen molar-refractivity contribution in [1.29, 1.82) is 0 Å². The maximum Gasteiger partial charge on any atom is 0.244 e. The smallest absolute Gasteiger partial charge is 0.244 e. The van der Waals surface area contributed by atoms with Crippen LogP contribution in [-0.4, -0.2) is 50.0 Å². The number of hydrogen-bond acceptors (Lipinski definition) is 4. The highest BCUT2D eigenvalue weighted by molar-refractivity contribution is 7.92. The van der Waals surface area contributed by atoms with Crippen molar-refractivity contribution in [3.05, 3.63) is 100 Å². The number of benzene rings is 3. The molecule has 1 N–H and O–H groups in total. The van der Waals surface area contributed by atoms with Crippen molar-refractivity contribution in [2.45, 2.75) is 45.3 Å². The van der Waals surface area contributed by atoms with Gasteiger partial charge < -0.3 is 10.2 Å². The van der Waals surface area contributed by atoms with Gasteiger partial charge in [-0.15, -0.1) is 0 Å². The highest BCUT2D eigenvalue weighted by Crippen LogP contribution is 2.30. The van der Waals surface area contributed by atoms with Crippen molar-refractivity contribution in [1.82, 2.24) is 10.2 Å². The van der Waals surface area contributed by atoms with Crippen molar-refractivity contribution >= 4 is 50.7 Å². The number of anilines is 1. The Morgan fingerprint density at radius 3 is 2.05 bits per heavy atom. The first-order chi connectivity index (χ1) is 18.5. The summed E-state index contributed by atoms with van der Waals surface area (Å²) in [6.07, 6.45) is 1.97. The molecule has 2 unspecified atom stereocenters. The predicted molar refractivity (Wildman–Crippen MR) is 157 cm³/mol. The van der Waals surface area contributed by atoms with E-state index in [0.717, 1.165) is 21.7 Å². The minimum atomic E-state index is -3.92. The van der Waals surface area contributed by atoms with Gasteiger partial charge in [-0.3, -0.25) is 13.9 Å². The van der Waals surface area contributed by atoms with Crippen LogP contribution < -0.4 is 9.62 Å². The zero-order valence-electron chi connectivity index (χ0n) is 22.2. The Balaban J connectivity index is 2.06. The van der Waals surface area contributed by atoms with Crippen LogP contribution in [0.2, 0.25) is 10.0 Å². The maximum atomic E-state index is 14.0. The van der Waals surface area contributed by atoms with Gasteiger partial charge in [-0.05, 0) is 42.7 Å². The van der Waals surface area contributed by atoms with Gasteiger partial charge in [0.05, 0.1) is 17.0 Å². The number of sulfonamides is 1. The Hall–Kier alpha value is -3.07. The first-order valence-corrected chi connectivity index (χ1v) is 15.2. The lowest BCUT2D eigenvalue weighted by Crippen LogP contribution is -2.54. The molecule has 0 fully saturated rings. The maximum absolute atomic E-state index is 14.0. The van der Waals surface area contributed by atoms with E-state index in [1.165, 1.54) is 23.1 Å². The SMILES string of the molecule is CCC(C)NC(=O)C(Cc1ccccc1)N(Cc1ccccc1)C(=O)CN(c1ccc(Cl)cc1Cl)S(C)(=O)=O. The lowest BCUT2D eigenvalue weighted by atomic mass is 10.0. The fraction of sp³-hybridized carbons (Fsp3) is 0.310. The number of carbonyl (C=O) groups is 2. The van der Waals surface area contributed by atoms with Crippen LogP contribution in [0.15, 0.2) is 78.9 Å². The third kappa shape index (κ3) is 8.71. The average molecular weight is 591 g/mol. The van der Waals surface area contributed by atoms with Gasteiger partial charge in [0.25, 0.3) is 0 Å². The molecule has 0 saturated carbocycles. The highest BCUT2D eigenvalue weighted by Gasteiger charge is 2.33. The predicted octanol–water partition coefficient (Wildman–Crippen LogP) is 5.31. The third-order valence-electron chi connectivity index (χ3n) is 6.33. The summed E-state index contributed by atoms with van der Waals surface area (Å²) in [6, 6.07) is 22.1. The fourth-order valence-corrected chi connectivity index (χ4v) is 5.48. The van der Waals surface area contributed by atoms with Crippen LogP contribution >= 0.6 is 23.2 Å². The third-order valence-corrected chi connectivity index (χ3v) is 7.99. The van der Waals surface area contributed by atoms with Crippen LogP contribution in [0.4, 0.5) is 5.69 Å². The molecule has 7 nitrogen and oxygen atoms in total. The molecule has 3 aromatic rings. The van der Waals surface area contributed by atoms with E-state index >= 15 is 0 Å². The summed E-state index contributed by atoms with van der Waals surface area (Å²) >= 11 is 12.4. The van der Waals surface area contributed by atoms with E-state index in [-0.39, 0.29) is 35.6 Å². The van der Waals surface area contributed by atoms with E-state index in [1.807, 2.05) is 74.5 Å². The van der Waals surface area contributed by atoms with Crippen LogP contribution in [0.3, 0.4) is 0 Å². The Kier molecular flexibility index (Phi) is 10.8. The molecule has 10 heteroatoms. The van der Waals surface area contributed by atoms with Gasteiger partial charge >= 0.3 is 0 Å². The number of nitrogens with one attached hydrogen (secondary N) is 1. The van der Waals surface area contributed by atoms with E-state index in [9.17, 15) is 18.0 Å². The first-order valence-electron chi connectivity index (χ1n) is 12.6. The average Bonchev–Trinajstić information content (AvgIpc) is 2.90. The number of rotatable bonds is 12. The quantitative estimate of drug-likeness (QED) is 0.310. The molecule has 208 valence electrons. The van der Waals surface area contributed by atoms with Gasteiger partial charge in [-0.25, -0.2) is 8.42 Å². The molecule has 0 aliphatic carbocycles. The standard InChI is InChI=1S/C29H33Cl2N3O4S/c1-4-21(2)32-29(36)27(17-22-11-7-5-8-12-22)33(19-23-13-9-6-10-14-23)28(35)20-34(39(3,37)38)26-16-15-24(30)18-25(26)31/h5-16,18,21,27H,4,17,19-20H2,1-3H3,(H,32,36). The molecule has 2 amide bonds. The molecule has 3 aromatic carbocycles. The van der Waals surface area contributed by atoms with Gasteiger partial charge in [-0.1, -0.05) is 90.8 Å². The Labute approximate surface area is 240 Å². The van der Waals surface area contributed by atoms with Gasteiger partial charge in [-0.2, -0.15) is 0 Å². The summed E-state index contributed by atoms with van der Waals surface area (Å²) < 4.78 is 26.6. The minimum Gasteiger partial charge on any atom is -0.352 e. The molecule has 0 saturated heterocycles. The minimum absolute atomic E-state index is 0.0886. The Morgan fingerprint density at radius 1 is 0.923 bits per heavy atom. The van der Waals surface area contributed by atoms with Crippen LogP contribution in [0, 0.1) is 0 Å². The van der Waals surface area contributed by atoms with E-state index in [1.54, 1.807) is 0 Å². The molecule has 0 aromatic heterocycles. The lowest BCUT2D eigenvalue weighted by Gasteiger charge is -2.34. The van der Waals surface area contributed by atoms with Crippen molar-refractivity contribution in [2.75, 3.05) is 17.1 Å². The van der Waals surface area contributed by atoms with E-state index in [2.05, 4.69) is 5.32 Å². The summed E-state index contributed by atoms with van der Waals surface area (Å²) in [5, 5.41) is 3.42. The molecule has 0 aliphatic rings. The highest BCUT2D eigenvalue weighted by atomic mass is 35.5. The molecule has 0 radical (unpaired) electrons. The van der Waals surface area contributed by atoms with Crippen molar-refractivity contribution in [3.63, 3.8) is 0 Å². The Bertz CT molecular complexity index is 1370. The molecule has 0 spiro atoms. The molecular formula is C29H33Cl2N3O4S. The molecule has 39 heavy (non-hydrogen) atoms. The van der Waals surface area contributed by atoms with Crippen LogP contribution in [-0.2, 0) is 32.6 Å². The summed E-state index contributed by atoms with van der Waals surface area (Å²) in [5.74, 6) is -0.858. The van der Waals surface area contributed by atoms with E-state index in [0.29, 0.717) is 11.4 Å².